The number of amides is 1. The second-order valence-electron chi connectivity index (χ2n) is 12.1. The van der Waals surface area contributed by atoms with E-state index >= 15 is 0 Å². The van der Waals surface area contributed by atoms with Crippen LogP contribution >= 0.6 is 11.3 Å². The van der Waals surface area contributed by atoms with Crippen molar-refractivity contribution in [2.75, 3.05) is 77.2 Å². The number of hydrogen-bond donors (Lipinski definition) is 1. The standard InChI is InChI=1S/C31H44N8O2S/c1-5-41-29-28-26(25(21-8-6-7-9-21)27(42-28)30(40)36(2)3)34-31(35-29)33-24-11-10-23(20-32-24)38-14-12-22(13-15-38)39-18-16-37(4)17-19-39/h10-11,20-22H,5-9,12-19H2,1-4H3,(H,32,33,34,35). The molecule has 2 aliphatic heterocycles. The van der Waals surface area contributed by atoms with Crippen LogP contribution in [-0.2, 0) is 0 Å². The molecule has 5 heterocycles. The summed E-state index contributed by atoms with van der Waals surface area (Å²) in [5, 5.41) is 3.32. The van der Waals surface area contributed by atoms with Gasteiger partial charge in [0.15, 0.2) is 0 Å². The Bertz CT molecular complexity index is 1370. The van der Waals surface area contributed by atoms with Crippen molar-refractivity contribution in [3.05, 3.63) is 28.8 Å². The highest BCUT2D eigenvalue weighted by atomic mass is 32.1. The van der Waals surface area contributed by atoms with E-state index in [1.165, 1.54) is 63.2 Å². The number of fused-ring (bicyclic) bond motifs is 1. The highest BCUT2D eigenvalue weighted by Gasteiger charge is 2.31. The minimum atomic E-state index is 0.0154. The number of aromatic nitrogens is 3. The first-order valence-electron chi connectivity index (χ1n) is 15.5. The van der Waals surface area contributed by atoms with Crippen molar-refractivity contribution in [2.45, 2.75) is 57.4 Å². The molecule has 1 aliphatic carbocycles. The van der Waals surface area contributed by atoms with E-state index in [4.69, 9.17) is 19.7 Å². The molecule has 0 bridgehead atoms. The second-order valence-corrected chi connectivity index (χ2v) is 13.1. The Morgan fingerprint density at radius 1 is 1.05 bits per heavy atom. The summed E-state index contributed by atoms with van der Waals surface area (Å²) in [6, 6.07) is 4.83. The van der Waals surface area contributed by atoms with E-state index in [-0.39, 0.29) is 5.91 Å². The van der Waals surface area contributed by atoms with Gasteiger partial charge in [0.25, 0.3) is 5.91 Å². The predicted octanol–water partition coefficient (Wildman–Crippen LogP) is 4.80. The van der Waals surface area contributed by atoms with E-state index in [9.17, 15) is 4.79 Å². The summed E-state index contributed by atoms with van der Waals surface area (Å²) in [5.41, 5.74) is 3.04. The fraction of sp³-hybridized carbons (Fsp3) is 0.613. The highest BCUT2D eigenvalue weighted by Crippen LogP contribution is 2.45. The van der Waals surface area contributed by atoms with Gasteiger partial charge < -0.3 is 24.8 Å². The zero-order valence-corrected chi connectivity index (χ0v) is 26.3. The zero-order chi connectivity index (χ0) is 29.2. The third kappa shape index (κ3) is 6.05. The normalized spacial score (nSPS) is 19.5. The first-order chi connectivity index (χ1) is 20.4. The molecule has 10 nitrogen and oxygen atoms in total. The minimum absolute atomic E-state index is 0.0154. The molecule has 3 aromatic rings. The molecule has 0 unspecified atom stereocenters. The van der Waals surface area contributed by atoms with E-state index in [1.807, 2.05) is 19.2 Å². The number of nitrogens with one attached hydrogen (secondary N) is 1. The van der Waals surface area contributed by atoms with Gasteiger partial charge in [-0.15, -0.1) is 11.3 Å². The summed E-state index contributed by atoms with van der Waals surface area (Å²) >= 11 is 1.46. The highest BCUT2D eigenvalue weighted by molar-refractivity contribution is 7.21. The van der Waals surface area contributed by atoms with Crippen LogP contribution in [0.1, 0.15) is 66.6 Å². The van der Waals surface area contributed by atoms with Crippen LogP contribution in [0.3, 0.4) is 0 Å². The number of anilines is 3. The topological polar surface area (TPSA) is 90.0 Å². The largest absolute Gasteiger partial charge is 0.477 e. The van der Waals surface area contributed by atoms with Gasteiger partial charge in [-0.25, -0.2) is 9.97 Å². The molecule has 0 spiro atoms. The van der Waals surface area contributed by atoms with Crippen LogP contribution in [0.25, 0.3) is 10.2 Å². The summed E-state index contributed by atoms with van der Waals surface area (Å²) < 4.78 is 6.83. The van der Waals surface area contributed by atoms with Gasteiger partial charge in [0.2, 0.25) is 11.8 Å². The molecule has 0 radical (unpaired) electrons. The number of hydrogen-bond acceptors (Lipinski definition) is 10. The Labute approximate surface area is 253 Å². The monoisotopic (exact) mass is 592 g/mol. The maximum absolute atomic E-state index is 13.2. The summed E-state index contributed by atoms with van der Waals surface area (Å²) in [6.45, 7) is 9.25. The van der Waals surface area contributed by atoms with Crippen molar-refractivity contribution in [3.63, 3.8) is 0 Å². The van der Waals surface area contributed by atoms with E-state index in [0.29, 0.717) is 36.2 Å². The molecule has 3 aromatic heterocycles. The van der Waals surface area contributed by atoms with Crippen molar-refractivity contribution >= 4 is 44.9 Å². The van der Waals surface area contributed by atoms with E-state index < -0.39 is 0 Å². The average Bonchev–Trinajstić information content (AvgIpc) is 3.66. The van der Waals surface area contributed by atoms with Crippen LogP contribution in [0, 0.1) is 0 Å². The van der Waals surface area contributed by atoms with Gasteiger partial charge in [-0.2, -0.15) is 4.98 Å². The van der Waals surface area contributed by atoms with E-state index in [0.717, 1.165) is 52.3 Å². The number of piperazine rings is 1. The molecule has 0 atom stereocenters. The van der Waals surface area contributed by atoms with Crippen molar-refractivity contribution in [3.8, 4) is 5.88 Å². The molecule has 226 valence electrons. The third-order valence-corrected chi connectivity index (χ3v) is 10.2. The van der Waals surface area contributed by atoms with Crippen molar-refractivity contribution in [1.82, 2.24) is 29.7 Å². The zero-order valence-electron chi connectivity index (χ0n) is 25.4. The molecule has 2 saturated heterocycles. The summed E-state index contributed by atoms with van der Waals surface area (Å²) in [6.07, 6.45) is 8.84. The lowest BCUT2D eigenvalue weighted by Gasteiger charge is -2.42. The number of thiophene rings is 1. The first kappa shape index (κ1) is 29.1. The molecule has 1 saturated carbocycles. The predicted molar refractivity (Wildman–Crippen MR) is 170 cm³/mol. The SMILES string of the molecule is CCOc1nc(Nc2ccc(N3CCC(N4CCN(C)CC4)CC3)cn2)nc2c(C3CCCC3)c(C(=O)N(C)C)sc12. The number of piperidine rings is 1. The van der Waals surface area contributed by atoms with Gasteiger partial charge >= 0.3 is 0 Å². The lowest BCUT2D eigenvalue weighted by Crippen LogP contribution is -2.52. The van der Waals surface area contributed by atoms with Crippen molar-refractivity contribution in [2.24, 2.45) is 0 Å². The Hall–Kier alpha value is -3.02. The smallest absolute Gasteiger partial charge is 0.263 e. The van der Waals surface area contributed by atoms with Crippen LogP contribution in [0.4, 0.5) is 17.5 Å². The fourth-order valence-electron chi connectivity index (χ4n) is 6.65. The minimum Gasteiger partial charge on any atom is -0.477 e. The lowest BCUT2D eigenvalue weighted by molar-refractivity contribution is 0.0831. The number of pyridine rings is 1. The van der Waals surface area contributed by atoms with Crippen LogP contribution in [0.15, 0.2) is 18.3 Å². The number of nitrogens with zero attached hydrogens (tertiary/aromatic N) is 7. The summed E-state index contributed by atoms with van der Waals surface area (Å²) in [5.74, 6) is 2.00. The van der Waals surface area contributed by atoms with Crippen molar-refractivity contribution < 1.29 is 9.53 Å². The summed E-state index contributed by atoms with van der Waals surface area (Å²) in [4.78, 5) is 37.6. The summed E-state index contributed by atoms with van der Waals surface area (Å²) in [7, 11) is 5.82. The van der Waals surface area contributed by atoms with Gasteiger partial charge in [0.05, 0.1) is 28.9 Å². The van der Waals surface area contributed by atoms with Crippen LogP contribution in [0.2, 0.25) is 0 Å². The lowest BCUT2D eigenvalue weighted by atomic mass is 9.96. The van der Waals surface area contributed by atoms with Crippen LogP contribution in [-0.4, -0.2) is 109 Å². The quantitative estimate of drug-likeness (QED) is 0.396. The average molecular weight is 593 g/mol. The molecule has 0 aromatic carbocycles. The van der Waals surface area contributed by atoms with Gasteiger partial charge in [0.1, 0.15) is 10.5 Å². The van der Waals surface area contributed by atoms with Gasteiger partial charge in [-0.3, -0.25) is 9.69 Å². The Morgan fingerprint density at radius 2 is 1.79 bits per heavy atom. The van der Waals surface area contributed by atoms with Gasteiger partial charge in [0, 0.05) is 65.0 Å². The number of carbonyl (C=O) groups is 1. The number of carbonyl (C=O) groups excluding carboxylic acids is 1. The van der Waals surface area contributed by atoms with E-state index in [1.54, 1.807) is 19.0 Å². The maximum atomic E-state index is 13.2. The van der Waals surface area contributed by atoms with Crippen molar-refractivity contribution in [1.29, 1.82) is 0 Å². The maximum Gasteiger partial charge on any atom is 0.263 e. The van der Waals surface area contributed by atoms with Gasteiger partial charge in [-0.05, 0) is 57.7 Å². The van der Waals surface area contributed by atoms with Crippen LogP contribution < -0.4 is 15.0 Å². The number of likely N-dealkylation sites (N-methyl/N-ethyl adjacent to an activating group) is 1. The Balaban J connectivity index is 1.20. The third-order valence-electron chi connectivity index (χ3n) is 9.05. The van der Waals surface area contributed by atoms with E-state index in [2.05, 4.69) is 33.1 Å². The molecule has 1 amide bonds. The molecule has 3 fully saturated rings. The molecule has 11 heteroatoms. The van der Waals surface area contributed by atoms with Gasteiger partial charge in [-0.1, -0.05) is 12.8 Å². The Morgan fingerprint density at radius 3 is 2.43 bits per heavy atom. The molecule has 3 aliphatic rings. The first-order valence-corrected chi connectivity index (χ1v) is 16.3. The van der Waals surface area contributed by atoms with Crippen LogP contribution in [0.5, 0.6) is 5.88 Å². The molecule has 42 heavy (non-hydrogen) atoms. The fourth-order valence-corrected chi connectivity index (χ4v) is 7.94. The number of rotatable bonds is 8. The molecule has 6 rings (SSSR count). The number of ether oxygens (including phenoxy) is 1. The molecular formula is C31H44N8O2S. The molecular weight excluding hydrogens is 548 g/mol. The second kappa shape index (κ2) is 12.7. The Kier molecular flexibility index (Phi) is 8.78. The molecule has 1 N–H and O–H groups in total.